The highest BCUT2D eigenvalue weighted by atomic mass is 16.5. The first-order chi connectivity index (χ1) is 14.1. The Morgan fingerprint density at radius 1 is 1.14 bits per heavy atom. The molecule has 0 radical (unpaired) electrons. The summed E-state index contributed by atoms with van der Waals surface area (Å²) in [6, 6.07) is 15.4. The van der Waals surface area contributed by atoms with E-state index in [2.05, 4.69) is 44.6 Å². The van der Waals surface area contributed by atoms with Crippen LogP contribution < -0.4 is 10.2 Å². The molecule has 7 heteroatoms. The Bertz CT molecular complexity index is 818. The van der Waals surface area contributed by atoms with Crippen LogP contribution in [0.25, 0.3) is 0 Å². The number of aromatic hydroxyl groups is 1. The molecule has 3 rings (SSSR count). The summed E-state index contributed by atoms with van der Waals surface area (Å²) < 4.78 is 5.05. The van der Waals surface area contributed by atoms with Crippen molar-refractivity contribution in [3.63, 3.8) is 0 Å². The molecule has 0 aliphatic carbocycles. The number of hydrazone groups is 1. The maximum absolute atomic E-state index is 12.0. The number of hydrogen-bond donors (Lipinski definition) is 2. The number of phenols is 1. The van der Waals surface area contributed by atoms with E-state index in [1.54, 1.807) is 12.1 Å². The molecule has 2 aromatic rings. The summed E-state index contributed by atoms with van der Waals surface area (Å²) in [6.07, 6.45) is 1.94. The van der Waals surface area contributed by atoms with E-state index in [9.17, 15) is 9.90 Å². The van der Waals surface area contributed by atoms with Gasteiger partial charge in [-0.15, -0.1) is 0 Å². The molecule has 1 aliphatic rings. The van der Waals surface area contributed by atoms with Gasteiger partial charge in [-0.2, -0.15) is 5.10 Å². The molecule has 7 nitrogen and oxygen atoms in total. The van der Waals surface area contributed by atoms with Crippen molar-refractivity contribution in [1.82, 2.24) is 15.2 Å². The quantitative estimate of drug-likeness (QED) is 0.528. The van der Waals surface area contributed by atoms with Gasteiger partial charge in [0.2, 0.25) is 5.91 Å². The lowest BCUT2D eigenvalue weighted by molar-refractivity contribution is -0.121. The van der Waals surface area contributed by atoms with Crippen molar-refractivity contribution in [3.05, 3.63) is 59.7 Å². The molecule has 1 saturated heterocycles. The lowest BCUT2D eigenvalue weighted by Gasteiger charge is -2.34. The number of hydrogen-bond acceptors (Lipinski definition) is 6. The van der Waals surface area contributed by atoms with Crippen molar-refractivity contribution in [2.24, 2.45) is 5.10 Å². The monoisotopic (exact) mass is 396 g/mol. The maximum Gasteiger partial charge on any atom is 0.241 e. The van der Waals surface area contributed by atoms with Gasteiger partial charge in [0.05, 0.1) is 13.3 Å². The summed E-state index contributed by atoms with van der Waals surface area (Å²) in [6.45, 7) is 5.67. The third-order valence-corrected chi connectivity index (χ3v) is 4.98. The molecular formula is C22H28N4O3. The number of nitrogens with one attached hydrogen (secondary N) is 1. The number of ether oxygens (including phenoxy) is 1. The Balaban J connectivity index is 1.35. The van der Waals surface area contributed by atoms with Gasteiger partial charge in [0.1, 0.15) is 0 Å². The second kappa shape index (κ2) is 10.6. The number of benzene rings is 2. The maximum atomic E-state index is 12.0. The molecule has 154 valence electrons. The molecule has 0 saturated carbocycles. The first-order valence-corrected chi connectivity index (χ1v) is 9.81. The number of piperazine rings is 1. The van der Waals surface area contributed by atoms with Crippen LogP contribution in [0.3, 0.4) is 0 Å². The van der Waals surface area contributed by atoms with E-state index in [4.69, 9.17) is 4.74 Å². The number of methoxy groups -OCH3 is 1. The Hall–Kier alpha value is -2.90. The van der Waals surface area contributed by atoms with Gasteiger partial charge in [0.15, 0.2) is 11.5 Å². The zero-order valence-corrected chi connectivity index (χ0v) is 16.8. The second-order valence-electron chi connectivity index (χ2n) is 7.08. The number of amides is 1. The van der Waals surface area contributed by atoms with Crippen LogP contribution in [0.15, 0.2) is 53.6 Å². The SMILES string of the molecule is COc1cc(/C=N/NC(=O)CCN2CCN(Cc3ccccc3)CC2)ccc1O. The Labute approximate surface area is 171 Å². The Morgan fingerprint density at radius 3 is 2.59 bits per heavy atom. The van der Waals surface area contributed by atoms with E-state index in [-0.39, 0.29) is 11.7 Å². The van der Waals surface area contributed by atoms with Crippen molar-refractivity contribution in [2.75, 3.05) is 39.8 Å². The van der Waals surface area contributed by atoms with Gasteiger partial charge >= 0.3 is 0 Å². The second-order valence-corrected chi connectivity index (χ2v) is 7.08. The van der Waals surface area contributed by atoms with Crippen molar-refractivity contribution < 1.29 is 14.6 Å². The summed E-state index contributed by atoms with van der Waals surface area (Å²) in [5.41, 5.74) is 4.62. The number of rotatable bonds is 8. The minimum absolute atomic E-state index is 0.0672. The molecule has 1 fully saturated rings. The van der Waals surface area contributed by atoms with Crippen LogP contribution in [-0.4, -0.2) is 66.9 Å². The van der Waals surface area contributed by atoms with Crippen LogP contribution in [0.1, 0.15) is 17.5 Å². The van der Waals surface area contributed by atoms with Gasteiger partial charge in [-0.25, -0.2) is 5.43 Å². The fourth-order valence-electron chi connectivity index (χ4n) is 3.28. The van der Waals surface area contributed by atoms with Crippen LogP contribution in [0, 0.1) is 0 Å². The molecular weight excluding hydrogens is 368 g/mol. The summed E-state index contributed by atoms with van der Waals surface area (Å²) in [5.74, 6) is 0.322. The first-order valence-electron chi connectivity index (χ1n) is 9.81. The molecule has 1 aliphatic heterocycles. The smallest absolute Gasteiger partial charge is 0.241 e. The third kappa shape index (κ3) is 6.58. The molecule has 0 spiro atoms. The molecule has 2 aromatic carbocycles. The lowest BCUT2D eigenvalue weighted by atomic mass is 10.2. The highest BCUT2D eigenvalue weighted by Gasteiger charge is 2.17. The fraction of sp³-hybridized carbons (Fsp3) is 0.364. The first kappa shape index (κ1) is 20.8. The summed E-state index contributed by atoms with van der Waals surface area (Å²) >= 11 is 0. The van der Waals surface area contributed by atoms with Crippen molar-refractivity contribution in [1.29, 1.82) is 0 Å². The predicted octanol–water partition coefficient (Wildman–Crippen LogP) is 2.06. The molecule has 0 aromatic heterocycles. The van der Waals surface area contributed by atoms with Gasteiger partial charge in [0.25, 0.3) is 0 Å². The van der Waals surface area contributed by atoms with Crippen LogP contribution >= 0.6 is 0 Å². The molecule has 1 amide bonds. The van der Waals surface area contributed by atoms with Gasteiger partial charge in [0, 0.05) is 45.7 Å². The zero-order chi connectivity index (χ0) is 20.5. The van der Waals surface area contributed by atoms with Gasteiger partial charge in [-0.3, -0.25) is 9.69 Å². The number of carbonyl (C=O) groups excluding carboxylic acids is 1. The van der Waals surface area contributed by atoms with Crippen LogP contribution in [0.5, 0.6) is 11.5 Å². The average Bonchev–Trinajstić information content (AvgIpc) is 2.75. The molecule has 0 atom stereocenters. The molecule has 0 bridgehead atoms. The third-order valence-electron chi connectivity index (χ3n) is 4.98. The van der Waals surface area contributed by atoms with E-state index < -0.39 is 0 Å². The topological polar surface area (TPSA) is 77.4 Å². The Kier molecular flexibility index (Phi) is 7.61. The van der Waals surface area contributed by atoms with Crippen molar-refractivity contribution in [2.45, 2.75) is 13.0 Å². The highest BCUT2D eigenvalue weighted by molar-refractivity contribution is 5.83. The zero-order valence-electron chi connectivity index (χ0n) is 16.8. The average molecular weight is 396 g/mol. The van der Waals surface area contributed by atoms with Crippen molar-refractivity contribution in [3.8, 4) is 11.5 Å². The van der Waals surface area contributed by atoms with Gasteiger partial charge in [-0.1, -0.05) is 30.3 Å². The van der Waals surface area contributed by atoms with E-state index in [1.165, 1.54) is 25.0 Å². The summed E-state index contributed by atoms with van der Waals surface area (Å²) in [5, 5.41) is 13.6. The van der Waals surface area contributed by atoms with Crippen LogP contribution in [-0.2, 0) is 11.3 Å². The minimum Gasteiger partial charge on any atom is -0.504 e. The summed E-state index contributed by atoms with van der Waals surface area (Å²) in [4.78, 5) is 16.8. The molecule has 2 N–H and O–H groups in total. The minimum atomic E-state index is -0.112. The van der Waals surface area contributed by atoms with E-state index in [0.29, 0.717) is 12.2 Å². The van der Waals surface area contributed by atoms with Gasteiger partial charge < -0.3 is 14.7 Å². The number of phenolic OH excluding ortho intramolecular Hbond substituents is 1. The van der Waals surface area contributed by atoms with Crippen LogP contribution in [0.2, 0.25) is 0 Å². The highest BCUT2D eigenvalue weighted by Crippen LogP contribution is 2.25. The van der Waals surface area contributed by atoms with E-state index in [0.717, 1.165) is 44.8 Å². The predicted molar refractivity (Wildman–Crippen MR) is 113 cm³/mol. The molecule has 29 heavy (non-hydrogen) atoms. The van der Waals surface area contributed by atoms with Gasteiger partial charge in [-0.05, 0) is 29.3 Å². The van der Waals surface area contributed by atoms with Crippen LogP contribution in [0.4, 0.5) is 0 Å². The van der Waals surface area contributed by atoms with E-state index >= 15 is 0 Å². The Morgan fingerprint density at radius 2 is 1.86 bits per heavy atom. The largest absolute Gasteiger partial charge is 0.504 e. The fourth-order valence-corrected chi connectivity index (χ4v) is 3.28. The molecule has 1 heterocycles. The summed E-state index contributed by atoms with van der Waals surface area (Å²) in [7, 11) is 1.49. The standard InChI is InChI=1S/C22H28N4O3/c1-29-21-15-19(7-8-20(21)27)16-23-24-22(28)9-10-25-11-13-26(14-12-25)17-18-5-3-2-4-6-18/h2-8,15-16,27H,9-14,17H2,1H3,(H,24,28)/b23-16+. The number of carbonyl (C=O) groups is 1. The normalized spacial score (nSPS) is 15.5. The van der Waals surface area contributed by atoms with Crippen molar-refractivity contribution >= 4 is 12.1 Å². The van der Waals surface area contributed by atoms with E-state index in [1.807, 2.05) is 6.07 Å². The number of nitrogens with zero attached hydrogens (tertiary/aromatic N) is 3. The lowest BCUT2D eigenvalue weighted by Crippen LogP contribution is -2.46. The molecule has 0 unspecified atom stereocenters.